The monoisotopic (exact) mass is 429 g/mol. The molecule has 1 aromatic rings. The third-order valence-corrected chi connectivity index (χ3v) is 5.10. The van der Waals surface area contributed by atoms with Crippen LogP contribution in [0.5, 0.6) is 0 Å². The summed E-state index contributed by atoms with van der Waals surface area (Å²) < 4.78 is 34.9. The van der Waals surface area contributed by atoms with Gasteiger partial charge in [-0.1, -0.05) is 0 Å². The molecule has 0 amide bonds. The first-order chi connectivity index (χ1) is 14.4. The SMILES string of the molecule is CC(OCC1CO1)n1c(=O)n(C(C)OCC2CO2)c(=O)n(C(C)OCC2CO2)c1=O. The van der Waals surface area contributed by atoms with Crippen molar-refractivity contribution in [1.82, 2.24) is 13.7 Å². The molecule has 12 nitrogen and oxygen atoms in total. The third-order valence-electron chi connectivity index (χ3n) is 5.10. The van der Waals surface area contributed by atoms with E-state index in [4.69, 9.17) is 28.4 Å². The van der Waals surface area contributed by atoms with Crippen molar-refractivity contribution in [2.45, 2.75) is 57.8 Å². The Balaban J connectivity index is 1.67. The van der Waals surface area contributed by atoms with Crippen LogP contribution < -0.4 is 17.1 Å². The predicted molar refractivity (Wildman–Crippen MR) is 100 cm³/mol. The molecule has 0 N–H and O–H groups in total. The van der Waals surface area contributed by atoms with Gasteiger partial charge in [-0.25, -0.2) is 28.1 Å². The van der Waals surface area contributed by atoms with E-state index in [0.29, 0.717) is 19.8 Å². The Labute approximate surface area is 171 Å². The molecule has 1 aromatic heterocycles. The summed E-state index contributed by atoms with van der Waals surface area (Å²) >= 11 is 0. The van der Waals surface area contributed by atoms with E-state index in [1.165, 1.54) is 0 Å². The maximum Gasteiger partial charge on any atom is 0.340 e. The molecular weight excluding hydrogens is 402 g/mol. The third kappa shape index (κ3) is 4.90. The lowest BCUT2D eigenvalue weighted by Gasteiger charge is -2.23. The highest BCUT2D eigenvalue weighted by molar-refractivity contribution is 4.84. The summed E-state index contributed by atoms with van der Waals surface area (Å²) in [6.45, 7) is 7.15. The van der Waals surface area contributed by atoms with Gasteiger partial charge in [-0.05, 0) is 20.8 Å². The average Bonchev–Trinajstić information content (AvgIpc) is 3.55. The molecule has 3 saturated heterocycles. The average molecular weight is 429 g/mol. The topological polar surface area (TPSA) is 131 Å². The number of rotatable bonds is 12. The molecule has 12 heteroatoms. The number of aromatic nitrogens is 3. The molecule has 3 aliphatic heterocycles. The van der Waals surface area contributed by atoms with Gasteiger partial charge in [0, 0.05) is 0 Å². The molecule has 0 spiro atoms. The highest BCUT2D eigenvalue weighted by atomic mass is 16.6. The predicted octanol–water partition coefficient (Wildman–Crippen LogP) is -1.03. The van der Waals surface area contributed by atoms with Crippen molar-refractivity contribution < 1.29 is 28.4 Å². The highest BCUT2D eigenvalue weighted by Gasteiger charge is 2.30. The van der Waals surface area contributed by atoms with Crippen molar-refractivity contribution in [1.29, 1.82) is 0 Å². The summed E-state index contributed by atoms with van der Waals surface area (Å²) in [6.07, 6.45) is -2.87. The molecule has 4 rings (SSSR count). The van der Waals surface area contributed by atoms with Crippen LogP contribution in [0.4, 0.5) is 0 Å². The fourth-order valence-electron chi connectivity index (χ4n) is 2.98. The first-order valence-corrected chi connectivity index (χ1v) is 10.1. The maximum absolute atomic E-state index is 13.1. The zero-order valence-electron chi connectivity index (χ0n) is 17.2. The normalized spacial score (nSPS) is 27.5. The lowest BCUT2D eigenvalue weighted by Crippen LogP contribution is -2.57. The fraction of sp³-hybridized carbons (Fsp3) is 0.833. The summed E-state index contributed by atoms with van der Waals surface area (Å²) in [5, 5.41) is 0. The second kappa shape index (κ2) is 8.73. The summed E-state index contributed by atoms with van der Waals surface area (Å²) in [4.78, 5) is 39.3. The number of epoxide rings is 3. The molecular formula is C18H27N3O9. The maximum atomic E-state index is 13.1. The molecule has 0 saturated carbocycles. The minimum atomic E-state index is -0.912. The Kier molecular flexibility index (Phi) is 6.23. The molecule has 3 fully saturated rings. The number of hydrogen-bond donors (Lipinski definition) is 0. The van der Waals surface area contributed by atoms with E-state index >= 15 is 0 Å². The summed E-state index contributed by atoms with van der Waals surface area (Å²) in [5.74, 6) is 0. The summed E-state index contributed by atoms with van der Waals surface area (Å²) in [5.41, 5.74) is -2.44. The van der Waals surface area contributed by atoms with Crippen molar-refractivity contribution >= 4 is 0 Å². The van der Waals surface area contributed by atoms with E-state index in [0.717, 1.165) is 13.7 Å². The first kappa shape index (κ1) is 21.4. The zero-order valence-corrected chi connectivity index (χ0v) is 17.2. The van der Waals surface area contributed by atoms with Gasteiger partial charge in [0.2, 0.25) is 0 Å². The van der Waals surface area contributed by atoms with Gasteiger partial charge in [0.1, 0.15) is 37.0 Å². The van der Waals surface area contributed by atoms with E-state index in [-0.39, 0.29) is 38.1 Å². The van der Waals surface area contributed by atoms with E-state index in [9.17, 15) is 14.4 Å². The van der Waals surface area contributed by atoms with Gasteiger partial charge >= 0.3 is 17.1 Å². The standard InChI is InChI=1S/C18H27N3O9/c1-10(25-4-13-7-28-13)19-16(22)20(11(2)26-5-14-8-29-14)18(24)21(17(19)23)12(3)27-6-15-9-30-15/h10-15H,4-9H2,1-3H3. The van der Waals surface area contributed by atoms with E-state index in [1.54, 1.807) is 20.8 Å². The molecule has 168 valence electrons. The van der Waals surface area contributed by atoms with Crippen LogP contribution in [0.3, 0.4) is 0 Å². The van der Waals surface area contributed by atoms with Crippen molar-refractivity contribution in [2.24, 2.45) is 0 Å². The molecule has 0 aliphatic carbocycles. The fourth-order valence-corrected chi connectivity index (χ4v) is 2.98. The van der Waals surface area contributed by atoms with E-state index < -0.39 is 35.8 Å². The van der Waals surface area contributed by atoms with Crippen molar-refractivity contribution in [3.05, 3.63) is 31.5 Å². The van der Waals surface area contributed by atoms with Crippen molar-refractivity contribution in [3.63, 3.8) is 0 Å². The van der Waals surface area contributed by atoms with Crippen LogP contribution >= 0.6 is 0 Å². The first-order valence-electron chi connectivity index (χ1n) is 10.1. The number of hydrogen-bond acceptors (Lipinski definition) is 9. The minimum absolute atomic E-state index is 0.0436. The largest absolute Gasteiger partial charge is 0.371 e. The van der Waals surface area contributed by atoms with Crippen LogP contribution in [0.1, 0.15) is 39.5 Å². The number of ether oxygens (including phenoxy) is 6. The van der Waals surface area contributed by atoms with Crippen molar-refractivity contribution in [3.8, 4) is 0 Å². The Morgan fingerprint density at radius 2 is 0.900 bits per heavy atom. The Morgan fingerprint density at radius 1 is 0.667 bits per heavy atom. The quantitative estimate of drug-likeness (QED) is 0.383. The highest BCUT2D eigenvalue weighted by Crippen LogP contribution is 2.15. The van der Waals surface area contributed by atoms with E-state index in [1.807, 2.05) is 0 Å². The summed E-state index contributed by atoms with van der Waals surface area (Å²) in [6, 6.07) is 0. The van der Waals surface area contributed by atoms with Crippen molar-refractivity contribution in [2.75, 3.05) is 39.6 Å². The lowest BCUT2D eigenvalue weighted by atomic mass is 10.5. The smallest absolute Gasteiger partial charge is 0.340 e. The zero-order chi connectivity index (χ0) is 21.4. The molecule has 0 radical (unpaired) electrons. The molecule has 3 aliphatic rings. The molecule has 0 aromatic carbocycles. The van der Waals surface area contributed by atoms with Gasteiger partial charge < -0.3 is 28.4 Å². The Bertz CT molecular complexity index is 777. The molecule has 6 unspecified atom stereocenters. The minimum Gasteiger partial charge on any atom is -0.371 e. The van der Waals surface area contributed by atoms with Crippen LogP contribution in [0.2, 0.25) is 0 Å². The molecule has 4 heterocycles. The van der Waals surface area contributed by atoms with Crippen LogP contribution in [-0.4, -0.2) is 71.7 Å². The number of nitrogens with zero attached hydrogens (tertiary/aromatic N) is 3. The molecule has 30 heavy (non-hydrogen) atoms. The van der Waals surface area contributed by atoms with Gasteiger partial charge in [-0.2, -0.15) is 0 Å². The van der Waals surface area contributed by atoms with Crippen LogP contribution in [-0.2, 0) is 28.4 Å². The molecule has 0 bridgehead atoms. The van der Waals surface area contributed by atoms with Gasteiger partial charge in [0.15, 0.2) is 0 Å². The van der Waals surface area contributed by atoms with Gasteiger partial charge in [0.05, 0.1) is 39.6 Å². The Hall–Kier alpha value is -1.83. The van der Waals surface area contributed by atoms with Crippen LogP contribution in [0.15, 0.2) is 14.4 Å². The second-order valence-electron chi connectivity index (χ2n) is 7.62. The molecule has 6 atom stereocenters. The lowest BCUT2D eigenvalue weighted by molar-refractivity contribution is -0.0329. The van der Waals surface area contributed by atoms with Crippen LogP contribution in [0, 0.1) is 0 Å². The van der Waals surface area contributed by atoms with Gasteiger partial charge in [-0.3, -0.25) is 0 Å². The summed E-state index contributed by atoms with van der Waals surface area (Å²) in [7, 11) is 0. The second-order valence-corrected chi connectivity index (χ2v) is 7.62. The van der Waals surface area contributed by atoms with Crippen LogP contribution in [0.25, 0.3) is 0 Å². The van der Waals surface area contributed by atoms with Gasteiger partial charge in [0.25, 0.3) is 0 Å². The Morgan fingerprint density at radius 3 is 1.10 bits per heavy atom. The van der Waals surface area contributed by atoms with E-state index in [2.05, 4.69) is 0 Å². The van der Waals surface area contributed by atoms with Gasteiger partial charge in [-0.15, -0.1) is 0 Å².